The van der Waals surface area contributed by atoms with Crippen LogP contribution in [0.25, 0.3) is 5.82 Å². The van der Waals surface area contributed by atoms with Crippen molar-refractivity contribution in [3.8, 4) is 5.82 Å². The van der Waals surface area contributed by atoms with Gasteiger partial charge in [0, 0.05) is 25.9 Å². The smallest absolute Gasteiger partial charge is 0.273 e. The van der Waals surface area contributed by atoms with Gasteiger partial charge in [-0.15, -0.1) is 10.2 Å². The Hall–Kier alpha value is -1.95. The number of amides is 1. The molecule has 0 unspecified atom stereocenters. The Morgan fingerprint density at radius 3 is 2.58 bits per heavy atom. The highest BCUT2D eigenvalue weighted by molar-refractivity contribution is 6.30. The lowest BCUT2D eigenvalue weighted by atomic mass is 10.2. The summed E-state index contributed by atoms with van der Waals surface area (Å²) in [6.45, 7) is 3.76. The summed E-state index contributed by atoms with van der Waals surface area (Å²) in [5.41, 5.74) is 2.09. The van der Waals surface area contributed by atoms with Crippen molar-refractivity contribution >= 4 is 17.5 Å². The molecule has 2 aromatic rings. The van der Waals surface area contributed by atoms with Crippen LogP contribution < -0.4 is 0 Å². The van der Waals surface area contributed by atoms with E-state index in [9.17, 15) is 4.79 Å². The molecule has 0 fully saturated rings. The maximum atomic E-state index is 11.8. The monoisotopic (exact) mass is 279 g/mol. The highest BCUT2D eigenvalue weighted by Gasteiger charge is 2.15. The molecular weight excluding hydrogens is 266 g/mol. The van der Waals surface area contributed by atoms with E-state index in [1.807, 2.05) is 13.8 Å². The van der Waals surface area contributed by atoms with Crippen molar-refractivity contribution in [3.63, 3.8) is 0 Å². The summed E-state index contributed by atoms with van der Waals surface area (Å²) in [7, 11) is 3.36. The zero-order valence-corrected chi connectivity index (χ0v) is 11.9. The number of carbonyl (C=O) groups is 1. The van der Waals surface area contributed by atoms with Crippen LogP contribution in [-0.4, -0.2) is 44.9 Å². The molecule has 0 aromatic carbocycles. The summed E-state index contributed by atoms with van der Waals surface area (Å²) in [5.74, 6) is 0.412. The molecule has 0 aliphatic carbocycles. The minimum absolute atomic E-state index is 0.157. The number of aromatic nitrogens is 4. The fourth-order valence-corrected chi connectivity index (χ4v) is 1.75. The van der Waals surface area contributed by atoms with Crippen LogP contribution in [-0.2, 0) is 0 Å². The van der Waals surface area contributed by atoms with Gasteiger partial charge < -0.3 is 4.90 Å². The van der Waals surface area contributed by atoms with E-state index < -0.39 is 0 Å². The average Bonchev–Trinajstić information content (AvgIpc) is 2.84. The van der Waals surface area contributed by atoms with Crippen LogP contribution in [0.5, 0.6) is 0 Å². The van der Waals surface area contributed by atoms with Gasteiger partial charge in [-0.05, 0) is 25.5 Å². The Kier molecular flexibility index (Phi) is 3.53. The number of nitrogens with zero attached hydrogens (tertiary/aromatic N) is 5. The lowest BCUT2D eigenvalue weighted by Gasteiger charge is -2.08. The van der Waals surface area contributed by atoms with Crippen LogP contribution in [0, 0.1) is 13.8 Å². The normalized spacial score (nSPS) is 10.6. The lowest BCUT2D eigenvalue weighted by Crippen LogP contribution is -2.22. The van der Waals surface area contributed by atoms with Crippen molar-refractivity contribution in [1.29, 1.82) is 0 Å². The molecule has 7 heteroatoms. The van der Waals surface area contributed by atoms with Crippen LogP contribution in [0.15, 0.2) is 12.3 Å². The van der Waals surface area contributed by atoms with Crippen LogP contribution in [0.2, 0.25) is 5.15 Å². The molecule has 0 spiro atoms. The van der Waals surface area contributed by atoms with Gasteiger partial charge in [-0.3, -0.25) is 4.79 Å². The number of hydrogen-bond acceptors (Lipinski definition) is 4. The summed E-state index contributed by atoms with van der Waals surface area (Å²) in [5, 5.41) is 12.5. The summed E-state index contributed by atoms with van der Waals surface area (Å²) < 4.78 is 1.53. The summed E-state index contributed by atoms with van der Waals surface area (Å²) in [6.07, 6.45) is 1.68. The standard InChI is InChI=1S/C12H14ClN5O/c1-7-8(2)11(15-14-10(7)13)18-6-5-9(16-18)12(19)17(3)4/h5-6H,1-4H3. The number of carbonyl (C=O) groups excluding carboxylic acids is 1. The minimum atomic E-state index is -0.157. The van der Waals surface area contributed by atoms with Crippen molar-refractivity contribution in [2.75, 3.05) is 14.1 Å². The van der Waals surface area contributed by atoms with Crippen LogP contribution in [0.1, 0.15) is 21.6 Å². The highest BCUT2D eigenvalue weighted by atomic mass is 35.5. The van der Waals surface area contributed by atoms with Gasteiger partial charge in [0.2, 0.25) is 0 Å². The SMILES string of the molecule is Cc1c(Cl)nnc(-n2ccc(C(=O)N(C)C)n2)c1C. The Balaban J connectivity index is 2.44. The van der Waals surface area contributed by atoms with Gasteiger partial charge in [0.25, 0.3) is 5.91 Å². The van der Waals surface area contributed by atoms with E-state index in [4.69, 9.17) is 11.6 Å². The molecular formula is C12H14ClN5O. The molecule has 0 aliphatic rings. The second kappa shape index (κ2) is 4.97. The van der Waals surface area contributed by atoms with Crippen molar-refractivity contribution in [2.45, 2.75) is 13.8 Å². The number of rotatable bonds is 2. The van der Waals surface area contributed by atoms with E-state index in [0.717, 1.165) is 11.1 Å². The van der Waals surface area contributed by atoms with Crippen molar-refractivity contribution < 1.29 is 4.79 Å². The molecule has 0 saturated heterocycles. The third kappa shape index (κ3) is 2.44. The fourth-order valence-electron chi connectivity index (χ4n) is 1.57. The minimum Gasteiger partial charge on any atom is -0.343 e. The third-order valence-electron chi connectivity index (χ3n) is 2.87. The average molecular weight is 280 g/mol. The zero-order chi connectivity index (χ0) is 14.2. The molecule has 0 bridgehead atoms. The summed E-state index contributed by atoms with van der Waals surface area (Å²) in [4.78, 5) is 13.3. The first-order chi connectivity index (χ1) is 8.91. The van der Waals surface area contributed by atoms with Gasteiger partial charge in [-0.1, -0.05) is 11.6 Å². The third-order valence-corrected chi connectivity index (χ3v) is 3.23. The first kappa shape index (κ1) is 13.5. The van der Waals surface area contributed by atoms with E-state index in [2.05, 4.69) is 15.3 Å². The Labute approximate surface area is 116 Å². The molecule has 2 aromatic heterocycles. The van der Waals surface area contributed by atoms with Crippen molar-refractivity contribution in [3.05, 3.63) is 34.2 Å². The Bertz CT molecular complexity index is 635. The molecule has 0 N–H and O–H groups in total. The van der Waals surface area contributed by atoms with Gasteiger partial charge in [-0.2, -0.15) is 5.10 Å². The van der Waals surface area contributed by atoms with Crippen molar-refractivity contribution in [2.24, 2.45) is 0 Å². The fraction of sp³-hybridized carbons (Fsp3) is 0.333. The Morgan fingerprint density at radius 1 is 1.26 bits per heavy atom. The van der Waals surface area contributed by atoms with E-state index in [1.54, 1.807) is 26.4 Å². The van der Waals surface area contributed by atoms with E-state index in [1.165, 1.54) is 9.58 Å². The quantitative estimate of drug-likeness (QED) is 0.838. The van der Waals surface area contributed by atoms with Gasteiger partial charge in [0.15, 0.2) is 16.7 Å². The summed E-state index contributed by atoms with van der Waals surface area (Å²) in [6, 6.07) is 1.65. The second-order valence-corrected chi connectivity index (χ2v) is 4.77. The molecule has 1 amide bonds. The summed E-state index contributed by atoms with van der Waals surface area (Å²) >= 11 is 5.91. The maximum absolute atomic E-state index is 11.8. The van der Waals surface area contributed by atoms with E-state index in [0.29, 0.717) is 16.7 Å². The van der Waals surface area contributed by atoms with Crippen molar-refractivity contribution in [1.82, 2.24) is 24.9 Å². The molecule has 0 aliphatic heterocycles. The molecule has 100 valence electrons. The highest BCUT2D eigenvalue weighted by Crippen LogP contribution is 2.19. The number of hydrogen-bond donors (Lipinski definition) is 0. The lowest BCUT2D eigenvalue weighted by molar-refractivity contribution is 0.0821. The van der Waals surface area contributed by atoms with Gasteiger partial charge in [0.1, 0.15) is 0 Å². The molecule has 0 atom stereocenters. The molecule has 0 saturated carbocycles. The van der Waals surface area contributed by atoms with Crippen LogP contribution >= 0.6 is 11.6 Å². The first-order valence-electron chi connectivity index (χ1n) is 5.69. The maximum Gasteiger partial charge on any atom is 0.273 e. The van der Waals surface area contributed by atoms with Crippen LogP contribution in [0.3, 0.4) is 0 Å². The van der Waals surface area contributed by atoms with E-state index in [-0.39, 0.29) is 5.91 Å². The van der Waals surface area contributed by atoms with Gasteiger partial charge >= 0.3 is 0 Å². The topological polar surface area (TPSA) is 63.9 Å². The first-order valence-corrected chi connectivity index (χ1v) is 6.06. The number of halogens is 1. The largest absolute Gasteiger partial charge is 0.343 e. The van der Waals surface area contributed by atoms with Gasteiger partial charge in [-0.25, -0.2) is 4.68 Å². The van der Waals surface area contributed by atoms with Gasteiger partial charge in [0.05, 0.1) is 0 Å². The zero-order valence-electron chi connectivity index (χ0n) is 11.2. The Morgan fingerprint density at radius 2 is 1.95 bits per heavy atom. The molecule has 2 heterocycles. The molecule has 2 rings (SSSR count). The molecule has 19 heavy (non-hydrogen) atoms. The molecule has 6 nitrogen and oxygen atoms in total. The predicted molar refractivity (Wildman–Crippen MR) is 71.7 cm³/mol. The predicted octanol–water partition coefficient (Wildman–Crippen LogP) is 1.63. The second-order valence-electron chi connectivity index (χ2n) is 4.41. The van der Waals surface area contributed by atoms with Crippen LogP contribution in [0.4, 0.5) is 0 Å². The molecule has 0 radical (unpaired) electrons. The van der Waals surface area contributed by atoms with E-state index >= 15 is 0 Å².